The van der Waals surface area contributed by atoms with E-state index in [-0.39, 0.29) is 18.0 Å². The zero-order chi connectivity index (χ0) is 16.4. The van der Waals surface area contributed by atoms with Gasteiger partial charge in [-0.3, -0.25) is 9.48 Å². The highest BCUT2D eigenvalue weighted by molar-refractivity contribution is 5.80. The van der Waals surface area contributed by atoms with Crippen molar-refractivity contribution in [1.29, 1.82) is 0 Å². The Balaban J connectivity index is 1.62. The van der Waals surface area contributed by atoms with E-state index in [9.17, 15) is 4.79 Å². The maximum Gasteiger partial charge on any atom is 0.242 e. The van der Waals surface area contributed by atoms with Crippen molar-refractivity contribution in [3.63, 3.8) is 0 Å². The number of carbonyl (C=O) groups excluding carboxylic acids is 1. The van der Waals surface area contributed by atoms with Crippen molar-refractivity contribution in [3.05, 3.63) is 42.0 Å². The summed E-state index contributed by atoms with van der Waals surface area (Å²) in [5, 5.41) is 7.70. The number of nitrogens with zero attached hydrogens (tertiary/aromatic N) is 3. The second kappa shape index (κ2) is 6.60. The lowest BCUT2D eigenvalue weighted by molar-refractivity contribution is -0.124. The third-order valence-electron chi connectivity index (χ3n) is 5.01. The highest BCUT2D eigenvalue weighted by atomic mass is 16.2. The summed E-state index contributed by atoms with van der Waals surface area (Å²) in [6, 6.07) is 6.17. The zero-order valence-corrected chi connectivity index (χ0v) is 14.2. The van der Waals surface area contributed by atoms with E-state index in [0.29, 0.717) is 5.92 Å². The van der Waals surface area contributed by atoms with E-state index in [1.54, 1.807) is 0 Å². The molecule has 5 nitrogen and oxygen atoms in total. The van der Waals surface area contributed by atoms with E-state index < -0.39 is 0 Å². The molecule has 0 aliphatic heterocycles. The van der Waals surface area contributed by atoms with E-state index >= 15 is 0 Å². The molecule has 0 bridgehead atoms. The second-order valence-electron chi connectivity index (χ2n) is 6.72. The standard InChI is InChI=1S/C18H26N4O/c1-13-11-16(21(3)20-13)12-15-7-6-8-17(15)19-18(23)14(2)22-9-4-5-10-22/h4-5,9-11,14-15,17H,6-8,12H2,1-3H3,(H,19,23). The number of nitrogens with one attached hydrogen (secondary N) is 1. The molecule has 0 aromatic carbocycles. The van der Waals surface area contributed by atoms with Gasteiger partial charge in [-0.15, -0.1) is 0 Å². The molecule has 1 aliphatic carbocycles. The molecule has 3 atom stereocenters. The van der Waals surface area contributed by atoms with Gasteiger partial charge < -0.3 is 9.88 Å². The topological polar surface area (TPSA) is 51.9 Å². The van der Waals surface area contributed by atoms with Crippen molar-refractivity contribution in [2.45, 2.75) is 51.6 Å². The Hall–Kier alpha value is -2.04. The number of rotatable bonds is 5. The highest BCUT2D eigenvalue weighted by Gasteiger charge is 2.30. The smallest absolute Gasteiger partial charge is 0.242 e. The number of hydrogen-bond donors (Lipinski definition) is 1. The molecule has 2 aromatic rings. The number of carbonyl (C=O) groups is 1. The molecule has 0 spiro atoms. The van der Waals surface area contributed by atoms with Crippen molar-refractivity contribution >= 4 is 5.91 Å². The van der Waals surface area contributed by atoms with E-state index in [1.807, 2.05) is 54.7 Å². The Morgan fingerprint density at radius 2 is 2.13 bits per heavy atom. The van der Waals surface area contributed by atoms with Gasteiger partial charge in [0.2, 0.25) is 5.91 Å². The minimum atomic E-state index is -0.162. The average molecular weight is 314 g/mol. The summed E-state index contributed by atoms with van der Waals surface area (Å²) in [5.41, 5.74) is 2.31. The van der Waals surface area contributed by atoms with Gasteiger partial charge in [0.05, 0.1) is 5.69 Å². The monoisotopic (exact) mass is 314 g/mol. The van der Waals surface area contributed by atoms with Crippen LogP contribution in [0.25, 0.3) is 0 Å². The molecule has 23 heavy (non-hydrogen) atoms. The van der Waals surface area contributed by atoms with Crippen LogP contribution in [0.2, 0.25) is 0 Å². The van der Waals surface area contributed by atoms with Crippen LogP contribution in [-0.4, -0.2) is 26.3 Å². The van der Waals surface area contributed by atoms with Gasteiger partial charge in [0.1, 0.15) is 6.04 Å². The van der Waals surface area contributed by atoms with Gasteiger partial charge in [0.15, 0.2) is 0 Å². The molecule has 5 heteroatoms. The molecule has 3 unspecified atom stereocenters. The Morgan fingerprint density at radius 1 is 1.39 bits per heavy atom. The normalized spacial score (nSPS) is 22.2. The Bertz CT molecular complexity index is 659. The minimum Gasteiger partial charge on any atom is -0.351 e. The molecule has 0 radical (unpaired) electrons. The van der Waals surface area contributed by atoms with Gasteiger partial charge in [-0.25, -0.2) is 0 Å². The summed E-state index contributed by atoms with van der Waals surface area (Å²) in [5.74, 6) is 0.616. The lowest BCUT2D eigenvalue weighted by Gasteiger charge is -2.23. The average Bonchev–Trinajstić information content (AvgIpc) is 3.22. The SMILES string of the molecule is Cc1cc(CC2CCCC2NC(=O)C(C)n2cccc2)n(C)n1. The molecule has 1 fully saturated rings. The van der Waals surface area contributed by atoms with Crippen molar-refractivity contribution in [2.75, 3.05) is 0 Å². The molecular weight excluding hydrogens is 288 g/mol. The van der Waals surface area contributed by atoms with E-state index in [2.05, 4.69) is 16.5 Å². The van der Waals surface area contributed by atoms with Gasteiger partial charge in [-0.2, -0.15) is 5.10 Å². The first-order valence-electron chi connectivity index (χ1n) is 8.47. The van der Waals surface area contributed by atoms with Crippen LogP contribution >= 0.6 is 0 Å². The van der Waals surface area contributed by atoms with Gasteiger partial charge in [-0.05, 0) is 57.2 Å². The van der Waals surface area contributed by atoms with Gasteiger partial charge in [-0.1, -0.05) is 6.42 Å². The van der Waals surface area contributed by atoms with Crippen molar-refractivity contribution < 1.29 is 4.79 Å². The Kier molecular flexibility index (Phi) is 4.55. The predicted octanol–water partition coefficient (Wildman–Crippen LogP) is 2.62. The molecular formula is C18H26N4O. The fraction of sp³-hybridized carbons (Fsp3) is 0.556. The number of hydrogen-bond acceptors (Lipinski definition) is 2. The van der Waals surface area contributed by atoms with Gasteiger partial charge >= 0.3 is 0 Å². The van der Waals surface area contributed by atoms with Crippen molar-refractivity contribution in [1.82, 2.24) is 19.7 Å². The maximum atomic E-state index is 12.5. The summed E-state index contributed by atoms with van der Waals surface area (Å²) < 4.78 is 3.92. The highest BCUT2D eigenvalue weighted by Crippen LogP contribution is 2.29. The third-order valence-corrected chi connectivity index (χ3v) is 5.01. The molecule has 3 rings (SSSR count). The number of amides is 1. The first-order chi connectivity index (χ1) is 11.0. The molecule has 1 aliphatic rings. The van der Waals surface area contributed by atoms with Crippen LogP contribution in [0.5, 0.6) is 0 Å². The maximum absolute atomic E-state index is 12.5. The van der Waals surface area contributed by atoms with Crippen molar-refractivity contribution in [2.24, 2.45) is 13.0 Å². The summed E-state index contributed by atoms with van der Waals surface area (Å²) in [4.78, 5) is 12.5. The van der Waals surface area contributed by atoms with E-state index in [1.165, 1.54) is 18.5 Å². The Labute approximate surface area is 137 Å². The number of aromatic nitrogens is 3. The summed E-state index contributed by atoms with van der Waals surface area (Å²) in [6.45, 7) is 3.97. The summed E-state index contributed by atoms with van der Waals surface area (Å²) in [6.07, 6.45) is 8.30. The predicted molar refractivity (Wildman–Crippen MR) is 90.1 cm³/mol. The summed E-state index contributed by atoms with van der Waals surface area (Å²) in [7, 11) is 2.00. The molecule has 124 valence electrons. The fourth-order valence-corrected chi connectivity index (χ4v) is 3.64. The molecule has 1 amide bonds. The van der Waals surface area contributed by atoms with Gasteiger partial charge in [0, 0.05) is 31.2 Å². The first kappa shape index (κ1) is 15.8. The quantitative estimate of drug-likeness (QED) is 0.922. The van der Waals surface area contributed by atoms with Crippen LogP contribution in [0.3, 0.4) is 0 Å². The number of aryl methyl sites for hydroxylation is 2. The molecule has 0 saturated heterocycles. The fourth-order valence-electron chi connectivity index (χ4n) is 3.64. The lowest BCUT2D eigenvalue weighted by Crippen LogP contribution is -2.41. The van der Waals surface area contributed by atoms with E-state index in [0.717, 1.165) is 18.5 Å². The van der Waals surface area contributed by atoms with Crippen LogP contribution in [-0.2, 0) is 18.3 Å². The second-order valence-corrected chi connectivity index (χ2v) is 6.72. The lowest BCUT2D eigenvalue weighted by atomic mass is 9.97. The van der Waals surface area contributed by atoms with Crippen LogP contribution in [0.1, 0.15) is 43.6 Å². The third kappa shape index (κ3) is 3.49. The van der Waals surface area contributed by atoms with Crippen LogP contribution in [0.15, 0.2) is 30.6 Å². The van der Waals surface area contributed by atoms with Gasteiger partial charge in [0.25, 0.3) is 0 Å². The molecule has 1 N–H and O–H groups in total. The molecule has 2 heterocycles. The first-order valence-corrected chi connectivity index (χ1v) is 8.47. The minimum absolute atomic E-state index is 0.110. The summed E-state index contributed by atoms with van der Waals surface area (Å²) >= 11 is 0. The van der Waals surface area contributed by atoms with Crippen molar-refractivity contribution in [3.8, 4) is 0 Å². The molecule has 1 saturated carbocycles. The van der Waals surface area contributed by atoms with Crippen LogP contribution in [0.4, 0.5) is 0 Å². The largest absolute Gasteiger partial charge is 0.351 e. The van der Waals surface area contributed by atoms with Crippen LogP contribution < -0.4 is 5.32 Å². The zero-order valence-electron chi connectivity index (χ0n) is 14.2. The molecule has 2 aromatic heterocycles. The van der Waals surface area contributed by atoms with Crippen LogP contribution in [0, 0.1) is 12.8 Å². The Morgan fingerprint density at radius 3 is 2.78 bits per heavy atom. The van der Waals surface area contributed by atoms with E-state index in [4.69, 9.17) is 0 Å².